The minimum absolute atomic E-state index is 0.227. The van der Waals surface area contributed by atoms with Gasteiger partial charge in [0.2, 0.25) is 0 Å². The van der Waals surface area contributed by atoms with Crippen molar-refractivity contribution in [3.05, 3.63) is 58.9 Å². The molecule has 0 amide bonds. The van der Waals surface area contributed by atoms with Crippen LogP contribution in [0.5, 0.6) is 11.5 Å². The van der Waals surface area contributed by atoms with Crippen molar-refractivity contribution >= 4 is 12.4 Å². The molecule has 2 N–H and O–H groups in total. The Bertz CT molecular complexity index is 622. The van der Waals surface area contributed by atoms with E-state index in [0.29, 0.717) is 5.56 Å². The number of aromatic hydroxyl groups is 2. The maximum Gasteiger partial charge on any atom is 0.165 e. The minimum Gasteiger partial charge on any atom is -0.508 e. The lowest BCUT2D eigenvalue weighted by Gasteiger charge is -1.98. The van der Waals surface area contributed by atoms with Crippen molar-refractivity contribution in [3.8, 4) is 11.5 Å². The molecule has 0 atom stereocenters. The van der Waals surface area contributed by atoms with Gasteiger partial charge in [0.1, 0.15) is 5.75 Å². The van der Waals surface area contributed by atoms with E-state index >= 15 is 0 Å². The molecule has 0 aliphatic carbocycles. The van der Waals surface area contributed by atoms with Gasteiger partial charge in [-0.15, -0.1) is 0 Å². The molecule has 4 nitrogen and oxygen atoms in total. The Morgan fingerprint density at radius 2 is 1.45 bits per heavy atom. The number of phenols is 2. The van der Waals surface area contributed by atoms with Gasteiger partial charge in [0.15, 0.2) is 11.6 Å². The normalized spacial score (nSPS) is 11.5. The lowest BCUT2D eigenvalue weighted by molar-refractivity contribution is 0.432. The van der Waals surface area contributed by atoms with Gasteiger partial charge in [-0.1, -0.05) is 0 Å². The number of benzene rings is 2. The summed E-state index contributed by atoms with van der Waals surface area (Å²) in [5.74, 6) is -0.873. The number of nitrogens with zero attached hydrogens (tertiary/aromatic N) is 2. The Kier molecular flexibility index (Phi) is 4.10. The molecule has 0 spiro atoms. The van der Waals surface area contributed by atoms with Crippen LogP contribution in [0.25, 0.3) is 0 Å². The van der Waals surface area contributed by atoms with Crippen molar-refractivity contribution in [2.45, 2.75) is 6.92 Å². The number of phenolic OH excluding ortho intramolecular Hbond substituents is 2. The van der Waals surface area contributed by atoms with Crippen LogP contribution >= 0.6 is 0 Å². The van der Waals surface area contributed by atoms with Crippen LogP contribution in [0.3, 0.4) is 0 Å². The summed E-state index contributed by atoms with van der Waals surface area (Å²) in [7, 11) is 0. The van der Waals surface area contributed by atoms with Crippen LogP contribution in [0.15, 0.2) is 46.6 Å². The fourth-order valence-electron chi connectivity index (χ4n) is 1.56. The van der Waals surface area contributed by atoms with E-state index in [1.807, 2.05) is 0 Å². The van der Waals surface area contributed by atoms with E-state index in [4.69, 9.17) is 5.11 Å². The molecule has 102 valence electrons. The largest absolute Gasteiger partial charge is 0.508 e. The van der Waals surface area contributed by atoms with Crippen LogP contribution in [-0.4, -0.2) is 22.6 Å². The van der Waals surface area contributed by atoms with Gasteiger partial charge in [0.25, 0.3) is 0 Å². The van der Waals surface area contributed by atoms with Crippen LogP contribution in [0, 0.1) is 12.7 Å². The van der Waals surface area contributed by atoms with Crippen molar-refractivity contribution in [2.24, 2.45) is 10.2 Å². The number of halogens is 1. The summed E-state index contributed by atoms with van der Waals surface area (Å²) < 4.78 is 13.1. The Hall–Kier alpha value is -2.69. The summed E-state index contributed by atoms with van der Waals surface area (Å²) in [6.07, 6.45) is 2.91. The maximum absolute atomic E-state index is 13.1. The van der Waals surface area contributed by atoms with E-state index in [9.17, 15) is 9.50 Å². The van der Waals surface area contributed by atoms with Gasteiger partial charge in [-0.25, -0.2) is 4.39 Å². The lowest BCUT2D eigenvalue weighted by Crippen LogP contribution is -1.84. The highest BCUT2D eigenvalue weighted by molar-refractivity contribution is 5.83. The van der Waals surface area contributed by atoms with Crippen molar-refractivity contribution in [1.29, 1.82) is 0 Å². The van der Waals surface area contributed by atoms with Crippen LogP contribution in [0.1, 0.15) is 16.7 Å². The number of aryl methyl sites for hydroxylation is 1. The molecule has 5 heteroatoms. The van der Waals surface area contributed by atoms with E-state index in [1.54, 1.807) is 25.1 Å². The molecular weight excluding hydrogens is 259 g/mol. The van der Waals surface area contributed by atoms with E-state index in [1.165, 1.54) is 30.6 Å². The highest BCUT2D eigenvalue weighted by Gasteiger charge is 1.99. The highest BCUT2D eigenvalue weighted by atomic mass is 19.1. The van der Waals surface area contributed by atoms with Gasteiger partial charge in [-0.3, -0.25) is 0 Å². The molecule has 2 aromatic carbocycles. The molecule has 20 heavy (non-hydrogen) atoms. The molecule has 0 aliphatic heterocycles. The molecule has 0 heterocycles. The van der Waals surface area contributed by atoms with Crippen molar-refractivity contribution in [1.82, 2.24) is 0 Å². The first kappa shape index (κ1) is 13.7. The van der Waals surface area contributed by atoms with Gasteiger partial charge >= 0.3 is 0 Å². The molecule has 0 fully saturated rings. The van der Waals surface area contributed by atoms with Crippen molar-refractivity contribution in [3.63, 3.8) is 0 Å². The third-order valence-electron chi connectivity index (χ3n) is 2.67. The second-order valence-electron chi connectivity index (χ2n) is 4.25. The zero-order valence-corrected chi connectivity index (χ0v) is 10.8. The van der Waals surface area contributed by atoms with Crippen LogP contribution in [-0.2, 0) is 0 Å². The Morgan fingerprint density at radius 1 is 0.900 bits per heavy atom. The summed E-state index contributed by atoms with van der Waals surface area (Å²) in [6, 6.07) is 9.01. The molecule has 0 saturated carbocycles. The molecule has 0 bridgehead atoms. The predicted molar refractivity (Wildman–Crippen MR) is 76.1 cm³/mol. The van der Waals surface area contributed by atoms with Crippen LogP contribution in [0.4, 0.5) is 4.39 Å². The smallest absolute Gasteiger partial charge is 0.165 e. The Morgan fingerprint density at radius 3 is 2.00 bits per heavy atom. The van der Waals surface area contributed by atoms with Gasteiger partial charge < -0.3 is 10.2 Å². The molecule has 2 aromatic rings. The Labute approximate surface area is 115 Å². The third kappa shape index (κ3) is 3.41. The van der Waals surface area contributed by atoms with Crippen molar-refractivity contribution < 1.29 is 14.6 Å². The Balaban J connectivity index is 2.06. The standard InChI is InChI=1S/C15H13FN2O2/c1-10-6-11(2-4-14(10)19)8-17-18-9-12-3-5-15(20)13(16)7-12/h2-9,19-20H,1H3. The predicted octanol–water partition coefficient (Wildman–Crippen LogP) is 3.00. The quantitative estimate of drug-likeness (QED) is 0.666. The zero-order chi connectivity index (χ0) is 14.5. The first-order valence-electron chi connectivity index (χ1n) is 5.91. The first-order chi connectivity index (χ1) is 9.56. The van der Waals surface area contributed by atoms with Crippen molar-refractivity contribution in [2.75, 3.05) is 0 Å². The van der Waals surface area contributed by atoms with E-state index < -0.39 is 11.6 Å². The SMILES string of the molecule is Cc1cc(C=NN=Cc2ccc(O)c(F)c2)ccc1O. The number of hydrogen-bond donors (Lipinski definition) is 2. The zero-order valence-electron chi connectivity index (χ0n) is 10.8. The molecule has 0 radical (unpaired) electrons. The summed E-state index contributed by atoms with van der Waals surface area (Å²) in [5.41, 5.74) is 2.05. The van der Waals surface area contributed by atoms with Gasteiger partial charge in [0.05, 0.1) is 12.4 Å². The van der Waals surface area contributed by atoms with Crippen LogP contribution in [0.2, 0.25) is 0 Å². The summed E-state index contributed by atoms with van der Waals surface area (Å²) in [5, 5.41) is 26.1. The summed E-state index contributed by atoms with van der Waals surface area (Å²) in [6.45, 7) is 1.79. The minimum atomic E-state index is -0.702. The lowest BCUT2D eigenvalue weighted by atomic mass is 10.1. The second-order valence-corrected chi connectivity index (χ2v) is 4.25. The van der Waals surface area contributed by atoms with E-state index in [-0.39, 0.29) is 5.75 Å². The van der Waals surface area contributed by atoms with Crippen LogP contribution < -0.4 is 0 Å². The topological polar surface area (TPSA) is 65.2 Å². The third-order valence-corrected chi connectivity index (χ3v) is 2.67. The molecule has 0 unspecified atom stereocenters. The van der Waals surface area contributed by atoms with Gasteiger partial charge in [-0.2, -0.15) is 10.2 Å². The molecule has 0 aliphatic rings. The molecular formula is C15H13FN2O2. The number of rotatable bonds is 3. The highest BCUT2D eigenvalue weighted by Crippen LogP contribution is 2.16. The van der Waals surface area contributed by atoms with Gasteiger partial charge in [0, 0.05) is 0 Å². The second kappa shape index (κ2) is 5.97. The fourth-order valence-corrected chi connectivity index (χ4v) is 1.56. The van der Waals surface area contributed by atoms with E-state index in [2.05, 4.69) is 10.2 Å². The first-order valence-corrected chi connectivity index (χ1v) is 5.91. The monoisotopic (exact) mass is 272 g/mol. The average Bonchev–Trinajstić information content (AvgIpc) is 2.42. The summed E-state index contributed by atoms with van der Waals surface area (Å²) >= 11 is 0. The number of hydrogen-bond acceptors (Lipinski definition) is 4. The van der Waals surface area contributed by atoms with Gasteiger partial charge in [-0.05, 0) is 60.0 Å². The molecule has 2 rings (SSSR count). The molecule has 0 saturated heterocycles. The average molecular weight is 272 g/mol. The maximum atomic E-state index is 13.1. The van der Waals surface area contributed by atoms with E-state index in [0.717, 1.165) is 11.1 Å². The molecule has 0 aromatic heterocycles. The summed E-state index contributed by atoms with van der Waals surface area (Å²) in [4.78, 5) is 0. The fraction of sp³-hybridized carbons (Fsp3) is 0.0667.